The number of hydrogen-bond acceptors (Lipinski definition) is 3. The molecule has 1 rings (SSSR count). The average molecular weight is 200 g/mol. The van der Waals surface area contributed by atoms with Crippen LogP contribution in [0.4, 0.5) is 0 Å². The first-order valence-corrected chi connectivity index (χ1v) is 5.87. The monoisotopic (exact) mass is 200 g/mol. The van der Waals surface area contributed by atoms with Crippen LogP contribution >= 0.6 is 0 Å². The molecule has 2 atom stereocenters. The molecule has 0 radical (unpaired) electrons. The van der Waals surface area contributed by atoms with Crippen molar-refractivity contribution in [3.63, 3.8) is 0 Å². The van der Waals surface area contributed by atoms with E-state index in [0.29, 0.717) is 6.04 Å². The molecule has 0 amide bonds. The SMILES string of the molecule is CCCN(CCC(C)O)C1CCNC1. The lowest BCUT2D eigenvalue weighted by atomic mass is 10.2. The van der Waals surface area contributed by atoms with Crippen LogP contribution < -0.4 is 5.32 Å². The summed E-state index contributed by atoms with van der Waals surface area (Å²) in [5.74, 6) is 0. The van der Waals surface area contributed by atoms with Gasteiger partial charge in [0, 0.05) is 19.1 Å². The van der Waals surface area contributed by atoms with Gasteiger partial charge in [-0.2, -0.15) is 0 Å². The predicted molar refractivity (Wildman–Crippen MR) is 59.4 cm³/mol. The summed E-state index contributed by atoms with van der Waals surface area (Å²) in [4.78, 5) is 2.52. The Morgan fingerprint density at radius 1 is 1.50 bits per heavy atom. The summed E-state index contributed by atoms with van der Waals surface area (Å²) in [5, 5.41) is 12.7. The molecule has 1 heterocycles. The molecule has 0 bridgehead atoms. The molecule has 0 aromatic rings. The molecule has 3 nitrogen and oxygen atoms in total. The largest absolute Gasteiger partial charge is 0.393 e. The van der Waals surface area contributed by atoms with Gasteiger partial charge in [-0.15, -0.1) is 0 Å². The minimum absolute atomic E-state index is 0.163. The summed E-state index contributed by atoms with van der Waals surface area (Å²) in [6, 6.07) is 0.702. The third-order valence-corrected chi connectivity index (χ3v) is 2.90. The van der Waals surface area contributed by atoms with E-state index < -0.39 is 0 Å². The quantitative estimate of drug-likeness (QED) is 0.667. The van der Waals surface area contributed by atoms with E-state index in [0.717, 1.165) is 26.1 Å². The van der Waals surface area contributed by atoms with Crippen LogP contribution in [0.3, 0.4) is 0 Å². The summed E-state index contributed by atoms with van der Waals surface area (Å²) < 4.78 is 0. The third-order valence-electron chi connectivity index (χ3n) is 2.90. The second-order valence-corrected chi connectivity index (χ2v) is 4.32. The van der Waals surface area contributed by atoms with Gasteiger partial charge < -0.3 is 10.4 Å². The van der Waals surface area contributed by atoms with Crippen LogP contribution in [0.5, 0.6) is 0 Å². The van der Waals surface area contributed by atoms with E-state index in [1.807, 2.05) is 6.92 Å². The van der Waals surface area contributed by atoms with Crippen LogP contribution in [0.1, 0.15) is 33.1 Å². The number of aliphatic hydroxyl groups excluding tert-OH is 1. The van der Waals surface area contributed by atoms with Crippen molar-refractivity contribution in [2.24, 2.45) is 0 Å². The van der Waals surface area contributed by atoms with Crippen molar-refractivity contribution < 1.29 is 5.11 Å². The van der Waals surface area contributed by atoms with Gasteiger partial charge in [-0.25, -0.2) is 0 Å². The Bertz CT molecular complexity index is 144. The molecule has 0 spiro atoms. The molecule has 1 aliphatic rings. The molecule has 14 heavy (non-hydrogen) atoms. The van der Waals surface area contributed by atoms with E-state index in [2.05, 4.69) is 17.1 Å². The van der Waals surface area contributed by atoms with Crippen molar-refractivity contribution >= 4 is 0 Å². The Labute approximate surface area is 87.5 Å². The highest BCUT2D eigenvalue weighted by Gasteiger charge is 2.21. The fourth-order valence-electron chi connectivity index (χ4n) is 2.07. The van der Waals surface area contributed by atoms with E-state index in [4.69, 9.17) is 0 Å². The second kappa shape index (κ2) is 6.38. The zero-order valence-electron chi connectivity index (χ0n) is 9.50. The maximum Gasteiger partial charge on any atom is 0.0524 e. The van der Waals surface area contributed by atoms with Gasteiger partial charge in [0.2, 0.25) is 0 Å². The second-order valence-electron chi connectivity index (χ2n) is 4.32. The summed E-state index contributed by atoms with van der Waals surface area (Å²) in [7, 11) is 0. The van der Waals surface area contributed by atoms with E-state index in [1.165, 1.54) is 19.4 Å². The van der Waals surface area contributed by atoms with Gasteiger partial charge in [0.05, 0.1) is 6.10 Å². The van der Waals surface area contributed by atoms with Crippen molar-refractivity contribution in [1.82, 2.24) is 10.2 Å². The van der Waals surface area contributed by atoms with Gasteiger partial charge in [-0.1, -0.05) is 6.92 Å². The normalized spacial score (nSPS) is 24.4. The molecule has 2 N–H and O–H groups in total. The van der Waals surface area contributed by atoms with Gasteiger partial charge >= 0.3 is 0 Å². The lowest BCUT2D eigenvalue weighted by Crippen LogP contribution is -2.39. The molecule has 2 unspecified atom stereocenters. The van der Waals surface area contributed by atoms with Gasteiger partial charge in [0.25, 0.3) is 0 Å². The molecule has 0 aromatic carbocycles. The van der Waals surface area contributed by atoms with Crippen LogP contribution in [0, 0.1) is 0 Å². The Kier molecular flexibility index (Phi) is 5.45. The first kappa shape index (κ1) is 12.0. The van der Waals surface area contributed by atoms with Crippen molar-refractivity contribution in [1.29, 1.82) is 0 Å². The molecule has 0 saturated carbocycles. The number of nitrogens with zero attached hydrogens (tertiary/aromatic N) is 1. The molecule has 1 saturated heterocycles. The lowest BCUT2D eigenvalue weighted by Gasteiger charge is -2.28. The first-order chi connectivity index (χ1) is 6.74. The highest BCUT2D eigenvalue weighted by Crippen LogP contribution is 2.10. The summed E-state index contributed by atoms with van der Waals surface area (Å²) in [5.41, 5.74) is 0. The van der Waals surface area contributed by atoms with Gasteiger partial charge in [0.1, 0.15) is 0 Å². The van der Waals surface area contributed by atoms with E-state index in [-0.39, 0.29) is 6.10 Å². The van der Waals surface area contributed by atoms with Gasteiger partial charge in [-0.05, 0) is 39.3 Å². The van der Waals surface area contributed by atoms with Crippen LogP contribution in [0.25, 0.3) is 0 Å². The third kappa shape index (κ3) is 3.95. The van der Waals surface area contributed by atoms with E-state index >= 15 is 0 Å². The number of hydrogen-bond donors (Lipinski definition) is 2. The zero-order chi connectivity index (χ0) is 10.4. The Balaban J connectivity index is 2.29. The number of rotatable bonds is 6. The molecule has 3 heteroatoms. The highest BCUT2D eigenvalue weighted by atomic mass is 16.3. The average Bonchev–Trinajstić information content (AvgIpc) is 2.64. The minimum Gasteiger partial charge on any atom is -0.393 e. The Morgan fingerprint density at radius 3 is 2.79 bits per heavy atom. The standard InChI is InChI=1S/C11H24N2O/c1-3-7-13(8-5-10(2)14)11-4-6-12-9-11/h10-12,14H,3-9H2,1-2H3. The Morgan fingerprint density at radius 2 is 2.29 bits per heavy atom. The maximum atomic E-state index is 9.27. The van der Waals surface area contributed by atoms with Crippen molar-refractivity contribution in [2.75, 3.05) is 26.2 Å². The van der Waals surface area contributed by atoms with Crippen LogP contribution in [-0.4, -0.2) is 48.3 Å². The molecular formula is C11H24N2O. The molecule has 0 aliphatic carbocycles. The van der Waals surface area contributed by atoms with E-state index in [1.54, 1.807) is 0 Å². The van der Waals surface area contributed by atoms with Crippen molar-refractivity contribution in [3.8, 4) is 0 Å². The lowest BCUT2D eigenvalue weighted by molar-refractivity contribution is 0.138. The molecule has 0 aromatic heterocycles. The predicted octanol–water partition coefficient (Wildman–Crippen LogP) is 0.831. The van der Waals surface area contributed by atoms with Crippen LogP contribution in [0.2, 0.25) is 0 Å². The molecule has 1 aliphatic heterocycles. The molecule has 1 fully saturated rings. The first-order valence-electron chi connectivity index (χ1n) is 5.87. The minimum atomic E-state index is -0.163. The topological polar surface area (TPSA) is 35.5 Å². The van der Waals surface area contributed by atoms with Crippen LogP contribution in [0.15, 0.2) is 0 Å². The fourth-order valence-corrected chi connectivity index (χ4v) is 2.07. The van der Waals surface area contributed by atoms with Crippen LogP contribution in [-0.2, 0) is 0 Å². The maximum absolute atomic E-state index is 9.27. The van der Waals surface area contributed by atoms with E-state index in [9.17, 15) is 5.11 Å². The number of aliphatic hydroxyl groups is 1. The van der Waals surface area contributed by atoms with Crippen molar-refractivity contribution in [3.05, 3.63) is 0 Å². The smallest absolute Gasteiger partial charge is 0.0524 e. The zero-order valence-corrected chi connectivity index (χ0v) is 9.50. The highest BCUT2D eigenvalue weighted by molar-refractivity contribution is 4.80. The Hall–Kier alpha value is -0.120. The summed E-state index contributed by atoms with van der Waals surface area (Å²) in [6.45, 7) is 8.57. The number of nitrogens with one attached hydrogen (secondary N) is 1. The van der Waals surface area contributed by atoms with Gasteiger partial charge in [0.15, 0.2) is 0 Å². The van der Waals surface area contributed by atoms with Gasteiger partial charge in [-0.3, -0.25) is 4.90 Å². The molecule has 84 valence electrons. The summed E-state index contributed by atoms with van der Waals surface area (Å²) >= 11 is 0. The fraction of sp³-hybridized carbons (Fsp3) is 1.00. The molecular weight excluding hydrogens is 176 g/mol. The summed E-state index contributed by atoms with van der Waals surface area (Å²) in [6.07, 6.45) is 3.20. The van der Waals surface area contributed by atoms with Crippen molar-refractivity contribution in [2.45, 2.75) is 45.3 Å².